The molecule has 5 rings (SSSR count). The summed E-state index contributed by atoms with van der Waals surface area (Å²) in [5.41, 5.74) is 2.94. The van der Waals surface area contributed by atoms with Crippen LogP contribution in [0.1, 0.15) is 24.0 Å². The second-order valence-electron chi connectivity index (χ2n) is 8.33. The maximum atomic E-state index is 9.19. The molecule has 172 valence electrons. The molecule has 1 fully saturated rings. The second-order valence-corrected chi connectivity index (χ2v) is 9.79. The lowest BCUT2D eigenvalue weighted by Crippen LogP contribution is -2.35. The van der Waals surface area contributed by atoms with Gasteiger partial charge in [-0.05, 0) is 82.7 Å². The molecule has 1 N–H and O–H groups in total. The second kappa shape index (κ2) is 8.77. The Balaban J connectivity index is 0.000000444. The lowest BCUT2D eigenvalue weighted by molar-refractivity contribution is 0.229. The van der Waals surface area contributed by atoms with E-state index in [1.165, 1.54) is 52.1 Å². The fourth-order valence-electron chi connectivity index (χ4n) is 5.00. The van der Waals surface area contributed by atoms with Gasteiger partial charge < -0.3 is 14.2 Å². The van der Waals surface area contributed by atoms with Crippen LogP contribution in [-0.4, -0.2) is 58.0 Å². The maximum absolute atomic E-state index is 9.19. The summed E-state index contributed by atoms with van der Waals surface area (Å²) in [6.07, 6.45) is 4.45. The normalized spacial score (nSPS) is 18.0. The molecule has 7 nitrogen and oxygen atoms in total. The number of ether oxygens (including phenoxy) is 3. The average Bonchev–Trinajstić information content (AvgIpc) is 3.23. The fraction of sp³-hybridized carbons (Fsp3) is 0.417. The molecule has 32 heavy (non-hydrogen) atoms. The molecule has 0 aliphatic carbocycles. The van der Waals surface area contributed by atoms with Gasteiger partial charge in [-0.25, -0.2) is 0 Å². The van der Waals surface area contributed by atoms with Gasteiger partial charge in [-0.2, -0.15) is 8.42 Å². The molecule has 0 aromatic heterocycles. The van der Waals surface area contributed by atoms with Crippen molar-refractivity contribution in [2.45, 2.75) is 31.8 Å². The summed E-state index contributed by atoms with van der Waals surface area (Å²) < 4.78 is 42.6. The molecule has 0 spiro atoms. The molecule has 0 radical (unpaired) electrons. The molecule has 0 unspecified atom stereocenters. The van der Waals surface area contributed by atoms with E-state index < -0.39 is 10.1 Å². The number of hydrogen-bond donors (Lipinski definition) is 1. The maximum Gasteiger partial charge on any atom is 0.261 e. The van der Waals surface area contributed by atoms with Crippen LogP contribution in [0, 0.1) is 0 Å². The van der Waals surface area contributed by atoms with Gasteiger partial charge in [0.2, 0.25) is 0 Å². The lowest BCUT2D eigenvalue weighted by atomic mass is 9.85. The van der Waals surface area contributed by atoms with Crippen molar-refractivity contribution < 1.29 is 27.2 Å². The zero-order chi connectivity index (χ0) is 23.0. The van der Waals surface area contributed by atoms with Crippen molar-refractivity contribution >= 4 is 31.7 Å². The topological polar surface area (TPSA) is 85.3 Å². The van der Waals surface area contributed by atoms with E-state index in [1.807, 2.05) is 0 Å². The van der Waals surface area contributed by atoms with Crippen molar-refractivity contribution in [3.63, 3.8) is 0 Å². The predicted molar refractivity (Wildman–Crippen MR) is 126 cm³/mol. The Kier molecular flexibility index (Phi) is 6.20. The number of hydrogen-bond acceptors (Lipinski definition) is 6. The van der Waals surface area contributed by atoms with E-state index in [1.54, 1.807) is 21.3 Å². The Morgan fingerprint density at radius 2 is 1.53 bits per heavy atom. The fourth-order valence-corrected chi connectivity index (χ4v) is 5.00. The van der Waals surface area contributed by atoms with Crippen LogP contribution in [0.15, 0.2) is 30.3 Å². The smallest absolute Gasteiger partial charge is 0.261 e. The van der Waals surface area contributed by atoms with Gasteiger partial charge in [-0.1, -0.05) is 6.07 Å². The van der Waals surface area contributed by atoms with Gasteiger partial charge in [0.1, 0.15) is 5.75 Å². The zero-order valence-electron chi connectivity index (χ0n) is 18.8. The van der Waals surface area contributed by atoms with Crippen molar-refractivity contribution in [2.24, 2.45) is 0 Å². The van der Waals surface area contributed by atoms with Crippen molar-refractivity contribution in [3.05, 3.63) is 41.5 Å². The highest BCUT2D eigenvalue weighted by molar-refractivity contribution is 7.85. The zero-order valence-corrected chi connectivity index (χ0v) is 19.7. The summed E-state index contributed by atoms with van der Waals surface area (Å²) in [7, 11) is 1.46. The van der Waals surface area contributed by atoms with E-state index in [0.29, 0.717) is 12.3 Å². The van der Waals surface area contributed by atoms with E-state index in [-0.39, 0.29) is 0 Å². The minimum Gasteiger partial charge on any atom is -0.497 e. The van der Waals surface area contributed by atoms with Crippen LogP contribution in [0.25, 0.3) is 21.5 Å². The van der Waals surface area contributed by atoms with Gasteiger partial charge >= 0.3 is 0 Å². The van der Waals surface area contributed by atoms with Gasteiger partial charge in [0.25, 0.3) is 10.1 Å². The highest BCUT2D eigenvalue weighted by Gasteiger charge is 2.32. The monoisotopic (exact) mass is 459 g/mol. The van der Waals surface area contributed by atoms with Crippen LogP contribution < -0.4 is 14.2 Å². The number of nitrogens with zero attached hydrogens (tertiary/aromatic N) is 1. The molecule has 3 aromatic rings. The van der Waals surface area contributed by atoms with Crippen LogP contribution in [0.5, 0.6) is 17.2 Å². The van der Waals surface area contributed by atoms with Crippen LogP contribution in [-0.2, 0) is 23.1 Å². The first-order valence-electron chi connectivity index (χ1n) is 10.6. The quantitative estimate of drug-likeness (QED) is 0.467. The number of rotatable bonds is 3. The summed E-state index contributed by atoms with van der Waals surface area (Å²) >= 11 is 0. The molecule has 2 aliphatic heterocycles. The molecule has 1 saturated heterocycles. The first-order chi connectivity index (χ1) is 15.2. The van der Waals surface area contributed by atoms with Gasteiger partial charge in [0.15, 0.2) is 11.5 Å². The highest BCUT2D eigenvalue weighted by Crippen LogP contribution is 2.44. The number of methoxy groups -OCH3 is 3. The molecule has 2 aliphatic rings. The lowest BCUT2D eigenvalue weighted by Gasteiger charge is -2.33. The molecule has 2 heterocycles. The van der Waals surface area contributed by atoms with Crippen molar-refractivity contribution in [3.8, 4) is 17.2 Å². The van der Waals surface area contributed by atoms with Crippen LogP contribution in [0.2, 0.25) is 0 Å². The summed E-state index contributed by atoms with van der Waals surface area (Å²) in [4.78, 5) is 2.65. The summed E-state index contributed by atoms with van der Waals surface area (Å²) in [5, 5.41) is 5.05. The Hall–Kier alpha value is -2.55. The van der Waals surface area contributed by atoms with E-state index in [0.717, 1.165) is 30.2 Å². The molecule has 1 atom stereocenters. The van der Waals surface area contributed by atoms with Gasteiger partial charge in [0.05, 0.1) is 27.6 Å². The van der Waals surface area contributed by atoms with E-state index in [2.05, 4.69) is 35.2 Å². The summed E-state index contributed by atoms with van der Waals surface area (Å²) in [6, 6.07) is 11.4. The third-order valence-electron chi connectivity index (χ3n) is 6.36. The Bertz CT molecular complexity index is 1260. The van der Waals surface area contributed by atoms with Crippen molar-refractivity contribution in [2.75, 3.05) is 34.1 Å². The van der Waals surface area contributed by atoms with Gasteiger partial charge in [-0.15, -0.1) is 0 Å². The van der Waals surface area contributed by atoms with Crippen LogP contribution in [0.4, 0.5) is 0 Å². The van der Waals surface area contributed by atoms with Gasteiger partial charge in [-0.3, -0.25) is 9.45 Å². The predicted octanol–water partition coefficient (Wildman–Crippen LogP) is 4.04. The first kappa shape index (κ1) is 22.6. The molecular formula is C24H29NO6S. The van der Waals surface area contributed by atoms with E-state index in [4.69, 9.17) is 18.8 Å². The van der Waals surface area contributed by atoms with E-state index >= 15 is 0 Å². The summed E-state index contributed by atoms with van der Waals surface area (Å²) in [6.45, 7) is 2.23. The van der Waals surface area contributed by atoms with Crippen LogP contribution in [0.3, 0.4) is 0 Å². The Morgan fingerprint density at radius 3 is 2.16 bits per heavy atom. The Morgan fingerprint density at radius 1 is 0.906 bits per heavy atom. The van der Waals surface area contributed by atoms with Crippen molar-refractivity contribution in [1.29, 1.82) is 0 Å². The molecular weight excluding hydrogens is 430 g/mol. The number of fused-ring (bicyclic) bond motifs is 7. The summed E-state index contributed by atoms with van der Waals surface area (Å²) in [5.74, 6) is 2.44. The third-order valence-corrected chi connectivity index (χ3v) is 6.36. The minimum atomic E-state index is -3.67. The molecule has 0 amide bonds. The molecule has 0 bridgehead atoms. The largest absolute Gasteiger partial charge is 0.497 e. The van der Waals surface area contributed by atoms with E-state index in [9.17, 15) is 8.42 Å². The first-order valence-corrected chi connectivity index (χ1v) is 12.4. The minimum absolute atomic E-state index is 0.681. The SMILES string of the molecule is COc1ccc2c3c(c4cc(OC)c(OC)cc4c2c1)CN1CCC[C@H]1C3.CS(=O)(=O)O. The van der Waals surface area contributed by atoms with Gasteiger partial charge in [0, 0.05) is 12.6 Å². The third kappa shape index (κ3) is 4.35. The molecule has 3 aromatic carbocycles. The highest BCUT2D eigenvalue weighted by atomic mass is 32.2. The average molecular weight is 460 g/mol. The molecule has 0 saturated carbocycles. The molecule has 8 heteroatoms. The standard InChI is InChI=1S/C23H25NO3.CH4O3S/c1-25-15-6-7-16-17-9-14-5-4-8-24(14)13-21(17)20-12-23(27-3)22(26-2)11-19(20)18(16)10-15;1-5(2,3)4/h6-7,10-12,14H,4-5,8-9,13H2,1-3H3;1H3,(H,2,3,4)/t14-;/m0./s1. The van der Waals surface area contributed by atoms with Crippen molar-refractivity contribution in [1.82, 2.24) is 4.90 Å². The number of benzene rings is 3. The van der Waals surface area contributed by atoms with Crippen LogP contribution >= 0.6 is 0 Å². The Labute approximate surface area is 188 Å².